The van der Waals surface area contributed by atoms with Gasteiger partial charge in [-0.15, -0.1) is 0 Å². The molecule has 0 saturated heterocycles. The lowest BCUT2D eigenvalue weighted by Gasteiger charge is -2.22. The standard InChI is InChI=1S/C11H15BrFN/c1-3-11(2,14)7-8-4-5-10(13)9(12)6-8/h4-6H,3,7,14H2,1-2H3. The van der Waals surface area contributed by atoms with Crippen LogP contribution in [-0.2, 0) is 6.42 Å². The van der Waals surface area contributed by atoms with Gasteiger partial charge in [-0.1, -0.05) is 13.0 Å². The van der Waals surface area contributed by atoms with Gasteiger partial charge in [0.05, 0.1) is 4.47 Å². The van der Waals surface area contributed by atoms with Gasteiger partial charge in [-0.05, 0) is 53.4 Å². The van der Waals surface area contributed by atoms with E-state index in [4.69, 9.17) is 5.73 Å². The second kappa shape index (κ2) is 4.41. The minimum absolute atomic E-state index is 0.211. The molecule has 1 unspecified atom stereocenters. The van der Waals surface area contributed by atoms with E-state index in [1.807, 2.05) is 6.92 Å². The summed E-state index contributed by atoms with van der Waals surface area (Å²) in [5, 5.41) is 0. The molecule has 0 heterocycles. The number of nitrogens with two attached hydrogens (primary N) is 1. The summed E-state index contributed by atoms with van der Waals surface area (Å²) in [5.41, 5.74) is 6.88. The van der Waals surface area contributed by atoms with Crippen LogP contribution in [0.4, 0.5) is 4.39 Å². The van der Waals surface area contributed by atoms with Gasteiger partial charge in [-0.2, -0.15) is 0 Å². The van der Waals surface area contributed by atoms with E-state index < -0.39 is 0 Å². The molecule has 2 N–H and O–H groups in total. The molecule has 0 aliphatic carbocycles. The maximum atomic E-state index is 12.9. The maximum Gasteiger partial charge on any atom is 0.137 e. The second-order valence-corrected chi connectivity index (χ2v) is 4.79. The number of hydrogen-bond donors (Lipinski definition) is 1. The molecule has 0 saturated carbocycles. The van der Waals surface area contributed by atoms with Crippen molar-refractivity contribution in [1.29, 1.82) is 0 Å². The highest BCUT2D eigenvalue weighted by molar-refractivity contribution is 9.10. The van der Waals surface area contributed by atoms with Crippen LogP contribution < -0.4 is 5.73 Å². The van der Waals surface area contributed by atoms with Crippen LogP contribution in [0.2, 0.25) is 0 Å². The summed E-state index contributed by atoms with van der Waals surface area (Å²) < 4.78 is 13.4. The molecule has 0 aliphatic rings. The van der Waals surface area contributed by atoms with Crippen LogP contribution in [0.1, 0.15) is 25.8 Å². The highest BCUT2D eigenvalue weighted by Crippen LogP contribution is 2.20. The summed E-state index contributed by atoms with van der Waals surface area (Å²) in [6.07, 6.45) is 1.67. The molecule has 1 rings (SSSR count). The molecule has 0 bridgehead atoms. The zero-order valence-electron chi connectivity index (χ0n) is 8.48. The summed E-state index contributed by atoms with van der Waals surface area (Å²) in [6, 6.07) is 5.03. The van der Waals surface area contributed by atoms with E-state index in [2.05, 4.69) is 22.9 Å². The van der Waals surface area contributed by atoms with Gasteiger partial charge in [0.25, 0.3) is 0 Å². The Bertz CT molecular complexity index is 323. The number of benzene rings is 1. The molecule has 0 aliphatic heterocycles. The summed E-state index contributed by atoms with van der Waals surface area (Å²) in [6.45, 7) is 4.06. The molecule has 1 atom stereocenters. The molecular weight excluding hydrogens is 245 g/mol. The van der Waals surface area contributed by atoms with Crippen molar-refractivity contribution in [3.63, 3.8) is 0 Å². The zero-order valence-corrected chi connectivity index (χ0v) is 10.1. The minimum atomic E-state index is -0.232. The van der Waals surface area contributed by atoms with Crippen molar-refractivity contribution in [2.75, 3.05) is 0 Å². The third kappa shape index (κ3) is 3.07. The largest absolute Gasteiger partial charge is 0.325 e. The monoisotopic (exact) mass is 259 g/mol. The van der Waals surface area contributed by atoms with E-state index >= 15 is 0 Å². The van der Waals surface area contributed by atoms with Crippen LogP contribution in [0.25, 0.3) is 0 Å². The first-order valence-corrected chi connectivity index (χ1v) is 5.47. The molecule has 78 valence electrons. The van der Waals surface area contributed by atoms with Crippen molar-refractivity contribution in [2.45, 2.75) is 32.2 Å². The highest BCUT2D eigenvalue weighted by atomic mass is 79.9. The van der Waals surface area contributed by atoms with E-state index in [-0.39, 0.29) is 11.4 Å². The topological polar surface area (TPSA) is 26.0 Å². The molecular formula is C11H15BrFN. The van der Waals surface area contributed by atoms with Crippen molar-refractivity contribution in [3.8, 4) is 0 Å². The third-order valence-electron chi connectivity index (χ3n) is 2.40. The van der Waals surface area contributed by atoms with Crippen LogP contribution in [0.3, 0.4) is 0 Å². The van der Waals surface area contributed by atoms with Crippen molar-refractivity contribution >= 4 is 15.9 Å². The predicted molar refractivity (Wildman–Crippen MR) is 60.7 cm³/mol. The number of hydrogen-bond acceptors (Lipinski definition) is 1. The van der Waals surface area contributed by atoms with Gasteiger partial charge in [0.2, 0.25) is 0 Å². The fourth-order valence-electron chi connectivity index (χ4n) is 1.24. The van der Waals surface area contributed by atoms with E-state index in [1.54, 1.807) is 12.1 Å². The van der Waals surface area contributed by atoms with Crippen LogP contribution in [0, 0.1) is 5.82 Å². The second-order valence-electron chi connectivity index (χ2n) is 3.93. The molecule has 0 spiro atoms. The molecule has 0 fully saturated rings. The molecule has 1 aromatic carbocycles. The Morgan fingerprint density at radius 3 is 2.64 bits per heavy atom. The van der Waals surface area contributed by atoms with Crippen molar-refractivity contribution in [3.05, 3.63) is 34.1 Å². The number of rotatable bonds is 3. The van der Waals surface area contributed by atoms with Crippen molar-refractivity contribution in [1.82, 2.24) is 0 Å². The van der Waals surface area contributed by atoms with Gasteiger partial charge < -0.3 is 5.73 Å². The first-order valence-electron chi connectivity index (χ1n) is 4.67. The van der Waals surface area contributed by atoms with Crippen LogP contribution in [-0.4, -0.2) is 5.54 Å². The lowest BCUT2D eigenvalue weighted by Crippen LogP contribution is -2.37. The van der Waals surface area contributed by atoms with E-state index in [9.17, 15) is 4.39 Å². The summed E-state index contributed by atoms with van der Waals surface area (Å²) >= 11 is 3.16. The Labute approximate surface area is 92.6 Å². The average molecular weight is 260 g/mol. The molecule has 3 heteroatoms. The van der Waals surface area contributed by atoms with Gasteiger partial charge in [0.1, 0.15) is 5.82 Å². The minimum Gasteiger partial charge on any atom is -0.325 e. The van der Waals surface area contributed by atoms with Crippen LogP contribution >= 0.6 is 15.9 Å². The van der Waals surface area contributed by atoms with Gasteiger partial charge >= 0.3 is 0 Å². The quantitative estimate of drug-likeness (QED) is 0.886. The van der Waals surface area contributed by atoms with Gasteiger partial charge in [-0.3, -0.25) is 0 Å². The van der Waals surface area contributed by atoms with Crippen molar-refractivity contribution < 1.29 is 4.39 Å². The predicted octanol–water partition coefficient (Wildman–Crippen LogP) is 3.26. The summed E-state index contributed by atoms with van der Waals surface area (Å²) in [4.78, 5) is 0. The number of halogens is 2. The van der Waals surface area contributed by atoms with Gasteiger partial charge in [0, 0.05) is 5.54 Å². The zero-order chi connectivity index (χ0) is 10.8. The SMILES string of the molecule is CCC(C)(N)Cc1ccc(F)c(Br)c1. The summed E-state index contributed by atoms with van der Waals surface area (Å²) in [7, 11) is 0. The fraction of sp³-hybridized carbons (Fsp3) is 0.455. The van der Waals surface area contributed by atoms with Gasteiger partial charge in [0.15, 0.2) is 0 Å². The molecule has 1 nitrogen and oxygen atoms in total. The van der Waals surface area contributed by atoms with E-state index in [1.165, 1.54) is 6.07 Å². The molecule has 0 radical (unpaired) electrons. The first kappa shape index (κ1) is 11.7. The highest BCUT2D eigenvalue weighted by Gasteiger charge is 2.16. The molecule has 1 aromatic rings. The molecule has 14 heavy (non-hydrogen) atoms. The van der Waals surface area contributed by atoms with Crippen molar-refractivity contribution in [2.24, 2.45) is 5.73 Å². The van der Waals surface area contributed by atoms with Crippen LogP contribution in [0.5, 0.6) is 0 Å². The average Bonchev–Trinajstić information content (AvgIpc) is 2.11. The first-order chi connectivity index (χ1) is 6.44. The Kier molecular flexibility index (Phi) is 3.67. The van der Waals surface area contributed by atoms with E-state index in [0.29, 0.717) is 4.47 Å². The smallest absolute Gasteiger partial charge is 0.137 e. The van der Waals surface area contributed by atoms with E-state index in [0.717, 1.165) is 18.4 Å². The lowest BCUT2D eigenvalue weighted by molar-refractivity contribution is 0.449. The Balaban J connectivity index is 2.83. The molecule has 0 amide bonds. The Hall–Kier alpha value is -0.410. The lowest BCUT2D eigenvalue weighted by atomic mass is 9.91. The van der Waals surface area contributed by atoms with Gasteiger partial charge in [-0.25, -0.2) is 4.39 Å². The summed E-state index contributed by atoms with van der Waals surface area (Å²) in [5.74, 6) is -0.232. The molecule has 0 aromatic heterocycles. The third-order valence-corrected chi connectivity index (χ3v) is 3.01. The normalized spacial score (nSPS) is 15.2. The maximum absolute atomic E-state index is 12.9. The Morgan fingerprint density at radius 2 is 2.14 bits per heavy atom. The fourth-order valence-corrected chi connectivity index (χ4v) is 1.67. The van der Waals surface area contributed by atoms with Crippen LogP contribution in [0.15, 0.2) is 22.7 Å². The Morgan fingerprint density at radius 1 is 1.50 bits per heavy atom.